The van der Waals surface area contributed by atoms with Crippen molar-refractivity contribution in [2.75, 3.05) is 0 Å². The molecule has 2 unspecified atom stereocenters. The van der Waals surface area contributed by atoms with Crippen LogP contribution in [-0.2, 0) is 0 Å². The summed E-state index contributed by atoms with van der Waals surface area (Å²) in [6.07, 6.45) is -3.75. The van der Waals surface area contributed by atoms with Gasteiger partial charge in [0.25, 0.3) is 0 Å². The zero-order valence-electron chi connectivity index (χ0n) is 9.97. The van der Waals surface area contributed by atoms with Crippen LogP contribution in [0.1, 0.15) is 27.7 Å². The lowest BCUT2D eigenvalue weighted by atomic mass is 9.92. The van der Waals surface area contributed by atoms with Crippen molar-refractivity contribution in [2.24, 2.45) is 10.8 Å². The minimum absolute atomic E-state index is 0.874. The van der Waals surface area contributed by atoms with Gasteiger partial charge in [0.15, 0.2) is 0 Å². The van der Waals surface area contributed by atoms with E-state index in [1.54, 1.807) is 27.7 Å². The average molecular weight is 232 g/mol. The number of aliphatic hydroxyl groups excluding tert-OH is 3. The summed E-state index contributed by atoms with van der Waals surface area (Å²) in [5, 5.41) is 49.6. The Hall–Kier alpha value is -0.200. The number of hydrogen-bond donors (Lipinski definition) is 5. The second-order valence-corrected chi connectivity index (χ2v) is 6.30. The van der Waals surface area contributed by atoms with E-state index in [-0.39, 0.29) is 0 Å². The van der Waals surface area contributed by atoms with Crippen LogP contribution in [0.4, 0.5) is 0 Å². The van der Waals surface area contributed by atoms with Crippen LogP contribution in [-0.4, -0.2) is 55.0 Å². The quantitative estimate of drug-likeness (QED) is 0.403. The molecular formula is C11H20O5. The van der Waals surface area contributed by atoms with Crippen molar-refractivity contribution in [3.8, 4) is 0 Å². The summed E-state index contributed by atoms with van der Waals surface area (Å²) in [7, 11) is 0. The highest BCUT2D eigenvalue weighted by Crippen LogP contribution is 2.67. The monoisotopic (exact) mass is 232 g/mol. The van der Waals surface area contributed by atoms with E-state index in [0.717, 1.165) is 0 Å². The van der Waals surface area contributed by atoms with Gasteiger partial charge in [-0.05, 0) is 0 Å². The zero-order chi connectivity index (χ0) is 12.7. The molecule has 2 aliphatic rings. The molecule has 0 radical (unpaired) electrons. The van der Waals surface area contributed by atoms with E-state index in [4.69, 9.17) is 0 Å². The molecule has 16 heavy (non-hydrogen) atoms. The standard InChI is InChI=1S/C11H20O5/c1-8(2)5(12)10(8,15)7(14)11(16)6(13)9(11,3)4/h5-7,12-16H,1-4H3/t5?,6?,7-,10-,11+. The van der Waals surface area contributed by atoms with E-state index in [9.17, 15) is 25.5 Å². The molecule has 2 saturated carbocycles. The maximum Gasteiger partial charge on any atom is 0.127 e. The molecule has 0 heterocycles. The third-order valence-electron chi connectivity index (χ3n) is 4.93. The predicted octanol–water partition coefficient (Wildman–Crippen LogP) is -1.39. The Morgan fingerprint density at radius 2 is 1.00 bits per heavy atom. The van der Waals surface area contributed by atoms with Crippen LogP contribution in [0.15, 0.2) is 0 Å². The van der Waals surface area contributed by atoms with Gasteiger partial charge in [-0.15, -0.1) is 0 Å². The summed E-state index contributed by atoms with van der Waals surface area (Å²) >= 11 is 0. The lowest BCUT2D eigenvalue weighted by Gasteiger charge is -2.27. The lowest BCUT2D eigenvalue weighted by Crippen LogP contribution is -2.48. The molecule has 5 nitrogen and oxygen atoms in total. The largest absolute Gasteiger partial charge is 0.389 e. The topological polar surface area (TPSA) is 101 Å². The van der Waals surface area contributed by atoms with Gasteiger partial charge >= 0.3 is 0 Å². The SMILES string of the molecule is CC1(C)C(O)[C@@]1(O)[C@@H](O)[C@@]1(O)C(O)C1(C)C. The van der Waals surface area contributed by atoms with Crippen LogP contribution >= 0.6 is 0 Å². The summed E-state index contributed by atoms with van der Waals surface area (Å²) in [5.41, 5.74) is -5.26. The molecule has 0 aliphatic heterocycles. The van der Waals surface area contributed by atoms with Crippen LogP contribution in [0.3, 0.4) is 0 Å². The van der Waals surface area contributed by atoms with Crippen molar-refractivity contribution in [1.82, 2.24) is 0 Å². The zero-order valence-corrected chi connectivity index (χ0v) is 9.97. The van der Waals surface area contributed by atoms with Gasteiger partial charge in [0.05, 0.1) is 12.2 Å². The van der Waals surface area contributed by atoms with Crippen LogP contribution in [0.5, 0.6) is 0 Å². The van der Waals surface area contributed by atoms with E-state index in [0.29, 0.717) is 0 Å². The maximum atomic E-state index is 10.1. The maximum absolute atomic E-state index is 10.1. The molecule has 0 spiro atoms. The van der Waals surface area contributed by atoms with E-state index < -0.39 is 40.3 Å². The highest BCUT2D eigenvalue weighted by molar-refractivity contribution is 5.35. The summed E-state index contributed by atoms with van der Waals surface area (Å²) < 4.78 is 0. The Kier molecular flexibility index (Phi) is 2.01. The first-order chi connectivity index (χ1) is 6.96. The highest BCUT2D eigenvalue weighted by Gasteiger charge is 2.85. The molecular weight excluding hydrogens is 212 g/mol. The molecule has 0 bridgehead atoms. The normalized spacial score (nSPS) is 54.6. The van der Waals surface area contributed by atoms with Gasteiger partial charge < -0.3 is 25.5 Å². The second-order valence-electron chi connectivity index (χ2n) is 6.30. The van der Waals surface area contributed by atoms with Crippen LogP contribution in [0, 0.1) is 10.8 Å². The smallest absolute Gasteiger partial charge is 0.127 e. The van der Waals surface area contributed by atoms with Gasteiger partial charge in [-0.25, -0.2) is 0 Å². The summed E-state index contributed by atoms with van der Waals surface area (Å²) in [6.45, 7) is 6.41. The van der Waals surface area contributed by atoms with Crippen molar-refractivity contribution in [3.63, 3.8) is 0 Å². The van der Waals surface area contributed by atoms with Crippen molar-refractivity contribution >= 4 is 0 Å². The molecule has 2 aliphatic carbocycles. The average Bonchev–Trinajstić information content (AvgIpc) is 2.77. The van der Waals surface area contributed by atoms with Gasteiger partial charge in [-0.3, -0.25) is 0 Å². The van der Waals surface area contributed by atoms with Crippen LogP contribution < -0.4 is 0 Å². The summed E-state index contributed by atoms with van der Waals surface area (Å²) in [5.74, 6) is 0. The summed E-state index contributed by atoms with van der Waals surface area (Å²) in [6, 6.07) is 0. The fourth-order valence-corrected chi connectivity index (χ4v) is 2.83. The fraction of sp³-hybridized carbons (Fsp3) is 1.00. The van der Waals surface area contributed by atoms with E-state index in [1.807, 2.05) is 0 Å². The molecule has 5 atom stereocenters. The molecule has 2 rings (SSSR count). The molecule has 2 fully saturated rings. The Labute approximate surface area is 94.3 Å². The van der Waals surface area contributed by atoms with E-state index >= 15 is 0 Å². The molecule has 0 amide bonds. The molecule has 0 saturated heterocycles. The van der Waals surface area contributed by atoms with Crippen molar-refractivity contribution in [3.05, 3.63) is 0 Å². The summed E-state index contributed by atoms with van der Waals surface area (Å²) in [4.78, 5) is 0. The highest BCUT2D eigenvalue weighted by atomic mass is 16.4. The predicted molar refractivity (Wildman–Crippen MR) is 55.5 cm³/mol. The number of rotatable bonds is 2. The van der Waals surface area contributed by atoms with Crippen molar-refractivity contribution in [1.29, 1.82) is 0 Å². The molecule has 0 aromatic rings. The van der Waals surface area contributed by atoms with Gasteiger partial charge in [0.2, 0.25) is 0 Å². The Bertz CT molecular complexity index is 307. The Morgan fingerprint density at radius 1 is 0.812 bits per heavy atom. The van der Waals surface area contributed by atoms with Crippen molar-refractivity contribution in [2.45, 2.75) is 57.2 Å². The van der Waals surface area contributed by atoms with Gasteiger partial charge in [-0.2, -0.15) is 0 Å². The fourth-order valence-electron chi connectivity index (χ4n) is 2.83. The first-order valence-corrected chi connectivity index (χ1v) is 5.45. The van der Waals surface area contributed by atoms with E-state index in [2.05, 4.69) is 0 Å². The Morgan fingerprint density at radius 3 is 1.12 bits per heavy atom. The van der Waals surface area contributed by atoms with Gasteiger partial charge in [0.1, 0.15) is 17.3 Å². The minimum atomic E-state index is -1.75. The second kappa shape index (κ2) is 2.62. The molecule has 5 heteroatoms. The van der Waals surface area contributed by atoms with Gasteiger partial charge in [0, 0.05) is 10.8 Å². The lowest BCUT2D eigenvalue weighted by molar-refractivity contribution is -0.130. The molecule has 0 aromatic heterocycles. The van der Waals surface area contributed by atoms with Crippen LogP contribution in [0.2, 0.25) is 0 Å². The van der Waals surface area contributed by atoms with Crippen LogP contribution in [0.25, 0.3) is 0 Å². The third-order valence-corrected chi connectivity index (χ3v) is 4.93. The number of hydrogen-bond acceptors (Lipinski definition) is 5. The van der Waals surface area contributed by atoms with Gasteiger partial charge in [-0.1, -0.05) is 27.7 Å². The van der Waals surface area contributed by atoms with E-state index in [1.165, 1.54) is 0 Å². The first-order valence-electron chi connectivity index (χ1n) is 5.45. The minimum Gasteiger partial charge on any atom is -0.389 e. The Balaban J connectivity index is 2.27. The first kappa shape index (κ1) is 12.3. The van der Waals surface area contributed by atoms with Crippen molar-refractivity contribution < 1.29 is 25.5 Å². The molecule has 5 N–H and O–H groups in total. The molecule has 94 valence electrons. The third kappa shape index (κ3) is 0.912. The molecule has 0 aromatic carbocycles. The number of aliphatic hydroxyl groups is 5.